The Hall–Kier alpha value is -2.68. The Morgan fingerprint density at radius 3 is 2.84 bits per heavy atom. The number of anilines is 1. The van der Waals surface area contributed by atoms with Gasteiger partial charge in [0.1, 0.15) is 16.6 Å². The number of aliphatic hydroxyl groups excluding tert-OH is 1. The molecule has 1 amide bonds. The van der Waals surface area contributed by atoms with Gasteiger partial charge in [-0.05, 0) is 55.5 Å². The van der Waals surface area contributed by atoms with Crippen LogP contribution < -0.4 is 16.0 Å². The van der Waals surface area contributed by atoms with Gasteiger partial charge in [0.05, 0.1) is 13.2 Å². The van der Waals surface area contributed by atoms with Crippen LogP contribution in [0.3, 0.4) is 0 Å². The summed E-state index contributed by atoms with van der Waals surface area (Å²) < 4.78 is 0. The number of aromatic nitrogens is 3. The second-order valence-corrected chi connectivity index (χ2v) is 8.21. The van der Waals surface area contributed by atoms with Crippen LogP contribution in [0.2, 0.25) is 5.15 Å². The average molecular weight is 443 g/mol. The number of halogens is 1. The van der Waals surface area contributed by atoms with Crippen molar-refractivity contribution in [3.63, 3.8) is 0 Å². The molecule has 9 heteroatoms. The third-order valence-electron chi connectivity index (χ3n) is 5.57. The Morgan fingerprint density at radius 1 is 1.23 bits per heavy atom. The van der Waals surface area contributed by atoms with E-state index in [1.165, 1.54) is 0 Å². The highest BCUT2D eigenvalue weighted by Gasteiger charge is 2.23. The predicted molar refractivity (Wildman–Crippen MR) is 122 cm³/mol. The Kier molecular flexibility index (Phi) is 7.01. The molecule has 0 unspecified atom stereocenters. The van der Waals surface area contributed by atoms with Crippen LogP contribution >= 0.6 is 11.6 Å². The zero-order chi connectivity index (χ0) is 21.6. The summed E-state index contributed by atoms with van der Waals surface area (Å²) in [5, 5.41) is 19.7. The molecule has 3 aromatic heterocycles. The highest BCUT2D eigenvalue weighted by molar-refractivity contribution is 6.29. The number of hydrogen-bond acceptors (Lipinski definition) is 6. The molecule has 0 saturated heterocycles. The molecule has 0 aromatic carbocycles. The fourth-order valence-electron chi connectivity index (χ4n) is 4.07. The summed E-state index contributed by atoms with van der Waals surface area (Å²) >= 11 is 6.32. The lowest BCUT2D eigenvalue weighted by Gasteiger charge is -2.30. The molecule has 31 heavy (non-hydrogen) atoms. The first kappa shape index (κ1) is 21.5. The van der Waals surface area contributed by atoms with Gasteiger partial charge in [0.2, 0.25) is 5.91 Å². The van der Waals surface area contributed by atoms with Crippen LogP contribution in [0.25, 0.3) is 22.2 Å². The summed E-state index contributed by atoms with van der Waals surface area (Å²) in [5.41, 5.74) is 2.86. The normalized spacial score (nSPS) is 18.8. The number of fused-ring (bicyclic) bond motifs is 1. The predicted octanol–water partition coefficient (Wildman–Crippen LogP) is 2.70. The Morgan fingerprint density at radius 2 is 2.03 bits per heavy atom. The number of nitrogens with zero attached hydrogens (tertiary/aromatic N) is 2. The minimum absolute atomic E-state index is 0.0283. The first-order chi connectivity index (χ1) is 15.1. The highest BCUT2D eigenvalue weighted by atomic mass is 35.5. The van der Waals surface area contributed by atoms with E-state index in [2.05, 4.69) is 30.9 Å². The van der Waals surface area contributed by atoms with Crippen molar-refractivity contribution in [2.75, 3.05) is 25.0 Å². The first-order valence-corrected chi connectivity index (χ1v) is 11.0. The number of carbonyl (C=O) groups excluding carboxylic acids is 1. The Bertz CT molecular complexity index is 1030. The van der Waals surface area contributed by atoms with Gasteiger partial charge in [0.25, 0.3) is 0 Å². The van der Waals surface area contributed by atoms with Crippen molar-refractivity contribution < 1.29 is 9.90 Å². The number of amides is 1. The van der Waals surface area contributed by atoms with E-state index in [1.54, 1.807) is 6.20 Å². The van der Waals surface area contributed by atoms with E-state index in [-0.39, 0.29) is 31.1 Å². The van der Waals surface area contributed by atoms with Crippen LogP contribution in [0.15, 0.2) is 36.7 Å². The maximum Gasteiger partial charge on any atom is 0.234 e. The van der Waals surface area contributed by atoms with E-state index in [4.69, 9.17) is 16.7 Å². The van der Waals surface area contributed by atoms with Crippen LogP contribution in [0.1, 0.15) is 25.7 Å². The molecule has 0 radical (unpaired) electrons. The van der Waals surface area contributed by atoms with Crippen molar-refractivity contribution in [1.82, 2.24) is 25.6 Å². The zero-order valence-corrected chi connectivity index (χ0v) is 18.0. The van der Waals surface area contributed by atoms with Crippen molar-refractivity contribution in [2.24, 2.45) is 0 Å². The molecule has 0 bridgehead atoms. The summed E-state index contributed by atoms with van der Waals surface area (Å²) in [6.45, 7) is 0.686. The molecule has 1 fully saturated rings. The molecular weight excluding hydrogens is 416 g/mol. The van der Waals surface area contributed by atoms with Gasteiger partial charge in [0, 0.05) is 42.0 Å². The fourth-order valence-corrected chi connectivity index (χ4v) is 4.28. The number of hydrogen-bond donors (Lipinski definition) is 5. The van der Waals surface area contributed by atoms with E-state index < -0.39 is 0 Å². The van der Waals surface area contributed by atoms with Crippen molar-refractivity contribution in [2.45, 2.75) is 37.8 Å². The molecule has 5 N–H and O–H groups in total. The molecule has 3 heterocycles. The Labute approximate surface area is 185 Å². The average Bonchev–Trinajstić information content (AvgIpc) is 3.19. The third kappa shape index (κ3) is 5.52. The van der Waals surface area contributed by atoms with Gasteiger partial charge >= 0.3 is 0 Å². The van der Waals surface area contributed by atoms with Gasteiger partial charge in [0.15, 0.2) is 0 Å². The Balaban J connectivity index is 1.36. The van der Waals surface area contributed by atoms with Crippen molar-refractivity contribution in [1.29, 1.82) is 0 Å². The van der Waals surface area contributed by atoms with Gasteiger partial charge in [-0.3, -0.25) is 4.79 Å². The number of aliphatic hydroxyl groups is 1. The second-order valence-electron chi connectivity index (χ2n) is 7.83. The lowest BCUT2D eigenvalue weighted by molar-refractivity contribution is -0.121. The number of rotatable bonds is 8. The zero-order valence-electron chi connectivity index (χ0n) is 17.2. The maximum absolute atomic E-state index is 11.9. The van der Waals surface area contributed by atoms with Crippen LogP contribution in [0, 0.1) is 0 Å². The number of pyridine rings is 2. The number of H-pyrrole nitrogens is 1. The summed E-state index contributed by atoms with van der Waals surface area (Å²) in [6, 6.07) is 8.29. The van der Waals surface area contributed by atoms with Crippen molar-refractivity contribution in [3.8, 4) is 11.1 Å². The largest absolute Gasteiger partial charge is 0.395 e. The van der Waals surface area contributed by atoms with Crippen molar-refractivity contribution in [3.05, 3.63) is 41.8 Å². The van der Waals surface area contributed by atoms with Crippen LogP contribution in [0.5, 0.6) is 0 Å². The molecule has 0 spiro atoms. The second kappa shape index (κ2) is 10.1. The summed E-state index contributed by atoms with van der Waals surface area (Å²) in [7, 11) is 0. The number of aromatic amines is 1. The van der Waals surface area contributed by atoms with Crippen LogP contribution in [0.4, 0.5) is 5.82 Å². The first-order valence-electron chi connectivity index (χ1n) is 10.6. The quantitative estimate of drug-likeness (QED) is 0.270. The monoisotopic (exact) mass is 442 g/mol. The molecule has 0 atom stereocenters. The van der Waals surface area contributed by atoms with Gasteiger partial charge in [-0.2, -0.15) is 0 Å². The van der Waals surface area contributed by atoms with E-state index >= 15 is 0 Å². The van der Waals surface area contributed by atoms with Crippen LogP contribution in [-0.2, 0) is 4.79 Å². The maximum atomic E-state index is 11.9. The molecule has 1 aliphatic rings. The molecule has 4 rings (SSSR count). The lowest BCUT2D eigenvalue weighted by atomic mass is 9.91. The number of carbonyl (C=O) groups is 1. The third-order valence-corrected chi connectivity index (χ3v) is 5.77. The molecule has 1 aliphatic carbocycles. The molecule has 8 nitrogen and oxygen atoms in total. The summed E-state index contributed by atoms with van der Waals surface area (Å²) in [5.74, 6) is 0.723. The minimum atomic E-state index is -0.0285. The SMILES string of the molecule is O=C(CNCCO)NC1CCC(Nc2cc(-c3c[nH]c4ncccc34)cc(Cl)n2)CC1. The van der Waals surface area contributed by atoms with E-state index in [9.17, 15) is 4.79 Å². The minimum Gasteiger partial charge on any atom is -0.395 e. The smallest absolute Gasteiger partial charge is 0.234 e. The fraction of sp³-hybridized carbons (Fsp3) is 0.409. The molecule has 1 saturated carbocycles. The lowest BCUT2D eigenvalue weighted by Crippen LogP contribution is -2.44. The van der Waals surface area contributed by atoms with Crippen molar-refractivity contribution >= 4 is 34.4 Å². The van der Waals surface area contributed by atoms with E-state index in [0.29, 0.717) is 11.7 Å². The van der Waals surface area contributed by atoms with Crippen LogP contribution in [-0.4, -0.2) is 57.7 Å². The van der Waals surface area contributed by atoms with E-state index in [0.717, 1.165) is 53.7 Å². The highest BCUT2D eigenvalue weighted by Crippen LogP contribution is 2.31. The summed E-state index contributed by atoms with van der Waals surface area (Å²) in [4.78, 5) is 23.9. The van der Waals surface area contributed by atoms with Gasteiger partial charge in [-0.1, -0.05) is 11.6 Å². The molecule has 3 aromatic rings. The standard InChI is InChI=1S/C22H27ClN6O2/c23-19-10-14(18-12-26-22-17(18)2-1-7-25-22)11-20(29-19)27-15-3-5-16(6-4-15)28-21(31)13-24-8-9-30/h1-2,7,10-12,15-16,24,30H,3-6,8-9,13H2,(H,25,26)(H,27,29)(H,28,31). The van der Waals surface area contributed by atoms with E-state index in [1.807, 2.05) is 30.5 Å². The molecular formula is C22H27ClN6O2. The topological polar surface area (TPSA) is 115 Å². The van der Waals surface area contributed by atoms with Gasteiger partial charge in [-0.15, -0.1) is 0 Å². The molecule has 0 aliphatic heterocycles. The van der Waals surface area contributed by atoms with Gasteiger partial charge < -0.3 is 26.0 Å². The summed E-state index contributed by atoms with van der Waals surface area (Å²) in [6.07, 6.45) is 7.40. The van der Waals surface area contributed by atoms with Gasteiger partial charge in [-0.25, -0.2) is 9.97 Å². The molecule has 164 valence electrons. The number of nitrogens with one attached hydrogen (secondary N) is 4.